The molecule has 12 nitrogen and oxygen atoms in total. The predicted octanol–water partition coefficient (Wildman–Crippen LogP) is 7.00. The Morgan fingerprint density at radius 1 is 1.00 bits per heavy atom. The number of benzene rings is 2. The minimum atomic E-state index is -4.95. The summed E-state index contributed by atoms with van der Waals surface area (Å²) in [7, 11) is -2.87. The molecule has 0 bridgehead atoms. The summed E-state index contributed by atoms with van der Waals surface area (Å²) in [5, 5.41) is 3.26. The van der Waals surface area contributed by atoms with E-state index in [1.54, 1.807) is 67.9 Å². The lowest BCUT2D eigenvalue weighted by atomic mass is 10.00. The van der Waals surface area contributed by atoms with Crippen LogP contribution in [0.15, 0.2) is 84.0 Å². The average Bonchev–Trinajstić information content (AvgIpc) is 3.49. The molecule has 55 heavy (non-hydrogen) atoms. The Labute approximate surface area is 317 Å². The number of hydrogen-bond acceptors (Lipinski definition) is 9. The highest BCUT2D eigenvalue weighted by molar-refractivity contribution is 7.89. The summed E-state index contributed by atoms with van der Waals surface area (Å²) >= 11 is 0. The highest BCUT2D eigenvalue weighted by Gasteiger charge is 2.37. The molecule has 292 valence electrons. The van der Waals surface area contributed by atoms with Crippen molar-refractivity contribution in [3.05, 3.63) is 107 Å². The van der Waals surface area contributed by atoms with E-state index in [9.17, 15) is 26.4 Å². The van der Waals surface area contributed by atoms with Gasteiger partial charge in [0.2, 0.25) is 10.0 Å². The molecule has 3 aromatic heterocycles. The average molecular weight is 781 g/mol. The van der Waals surface area contributed by atoms with Crippen LogP contribution in [0.1, 0.15) is 48.7 Å². The number of aromatic nitrogens is 3. The molecule has 0 saturated carbocycles. The Morgan fingerprint density at radius 3 is 2.45 bits per heavy atom. The molecule has 0 radical (unpaired) electrons. The third-order valence-electron chi connectivity index (χ3n) is 8.88. The Balaban J connectivity index is 1.36. The molecule has 1 aliphatic heterocycles. The molecular formula is C39H43F3N6O6S. The van der Waals surface area contributed by atoms with Crippen LogP contribution in [0.25, 0.3) is 16.9 Å². The van der Waals surface area contributed by atoms with E-state index < -0.39 is 44.5 Å². The number of alkyl halides is 3. The smallest absolute Gasteiger partial charge is 0.417 e. The first-order valence-electron chi connectivity index (χ1n) is 17.6. The zero-order valence-electron chi connectivity index (χ0n) is 31.1. The number of nitrogens with zero attached hydrogens (tertiary/aromatic N) is 4. The molecule has 5 aromatic rings. The molecule has 0 aliphatic carbocycles. The SMILES string of the molecule is COc1ccc(CNS(=O)(=O)c2ccc(-c3nc4cc(CNc5cc(C)ccn5)ccn4c3C[C@H]3CN(C(=O)OC(C)(C)C)CCO3)c(C(F)(F)F)c2)cc1. The van der Waals surface area contributed by atoms with E-state index >= 15 is 0 Å². The lowest BCUT2D eigenvalue weighted by molar-refractivity contribution is -0.137. The molecule has 6 rings (SSSR count). The zero-order valence-corrected chi connectivity index (χ0v) is 31.9. The monoisotopic (exact) mass is 780 g/mol. The number of fused-ring (bicyclic) bond motifs is 1. The molecule has 1 atom stereocenters. The third-order valence-corrected chi connectivity index (χ3v) is 10.3. The molecule has 0 unspecified atom stereocenters. The highest BCUT2D eigenvalue weighted by atomic mass is 32.2. The fourth-order valence-electron chi connectivity index (χ4n) is 6.17. The van der Waals surface area contributed by atoms with Crippen LogP contribution in [-0.4, -0.2) is 72.3 Å². The molecule has 0 spiro atoms. The maximum absolute atomic E-state index is 14.9. The van der Waals surface area contributed by atoms with Crippen LogP contribution in [0.5, 0.6) is 5.75 Å². The van der Waals surface area contributed by atoms with Gasteiger partial charge in [-0.2, -0.15) is 13.2 Å². The summed E-state index contributed by atoms with van der Waals surface area (Å²) in [6.45, 7) is 8.08. The predicted molar refractivity (Wildman–Crippen MR) is 200 cm³/mol. The third kappa shape index (κ3) is 9.74. The van der Waals surface area contributed by atoms with E-state index in [-0.39, 0.29) is 43.9 Å². The van der Waals surface area contributed by atoms with Crippen molar-refractivity contribution in [2.75, 3.05) is 32.1 Å². The number of hydrogen-bond donors (Lipinski definition) is 2. The molecule has 4 heterocycles. The minimum Gasteiger partial charge on any atom is -0.497 e. The van der Waals surface area contributed by atoms with Gasteiger partial charge in [0, 0.05) is 44.0 Å². The Bertz CT molecular complexity index is 2270. The summed E-state index contributed by atoms with van der Waals surface area (Å²) in [4.78, 5) is 23.0. The Kier molecular flexibility index (Phi) is 11.4. The van der Waals surface area contributed by atoms with Crippen molar-refractivity contribution in [2.24, 2.45) is 0 Å². The number of sulfonamides is 1. The van der Waals surface area contributed by atoms with Crippen LogP contribution in [0.4, 0.5) is 23.8 Å². The first-order chi connectivity index (χ1) is 26.0. The lowest BCUT2D eigenvalue weighted by Gasteiger charge is -2.34. The van der Waals surface area contributed by atoms with Crippen molar-refractivity contribution in [2.45, 2.75) is 70.0 Å². The van der Waals surface area contributed by atoms with E-state index in [1.807, 2.05) is 25.1 Å². The number of carbonyl (C=O) groups excluding carboxylic acids is 1. The quantitative estimate of drug-likeness (QED) is 0.145. The summed E-state index contributed by atoms with van der Waals surface area (Å²) in [5.41, 5.74) is 0.984. The number of imidazole rings is 1. The fourth-order valence-corrected chi connectivity index (χ4v) is 7.21. The standard InChI is InChI=1S/C39H43F3N6O6S/c1-25-12-14-43-34(18-25)44-22-27-13-15-48-33(20-29-24-47(16-17-53-29)37(49)54-38(2,3)4)36(46-35(48)19-27)31-11-10-30(21-32(31)39(40,41)42)55(50,51)45-23-26-6-8-28(52-5)9-7-26/h6-15,18-19,21,29,45H,16-17,20,22-24H2,1-5H3,(H,43,44)/t29-/m0/s1. The largest absolute Gasteiger partial charge is 0.497 e. The number of methoxy groups -OCH3 is 1. The molecule has 16 heteroatoms. The number of amides is 1. The second-order valence-corrected chi connectivity index (χ2v) is 16.0. The van der Waals surface area contributed by atoms with Crippen LogP contribution in [0.2, 0.25) is 0 Å². The molecule has 1 aliphatic rings. The molecule has 1 amide bonds. The Morgan fingerprint density at radius 2 is 1.76 bits per heavy atom. The second-order valence-electron chi connectivity index (χ2n) is 14.2. The van der Waals surface area contributed by atoms with Crippen LogP contribution < -0.4 is 14.8 Å². The summed E-state index contributed by atoms with van der Waals surface area (Å²) < 4.78 is 92.3. The number of aryl methyl sites for hydroxylation is 1. The first-order valence-corrected chi connectivity index (χ1v) is 19.1. The van der Waals surface area contributed by atoms with Gasteiger partial charge in [0.05, 0.1) is 48.2 Å². The maximum Gasteiger partial charge on any atom is 0.417 e. The molecular weight excluding hydrogens is 738 g/mol. The number of anilines is 1. The lowest BCUT2D eigenvalue weighted by Crippen LogP contribution is -2.48. The van der Waals surface area contributed by atoms with Gasteiger partial charge in [-0.15, -0.1) is 0 Å². The minimum absolute atomic E-state index is 0.00548. The van der Waals surface area contributed by atoms with Gasteiger partial charge in [-0.1, -0.05) is 18.2 Å². The van der Waals surface area contributed by atoms with Crippen LogP contribution in [0.3, 0.4) is 0 Å². The Hall–Kier alpha value is -5.19. The summed E-state index contributed by atoms with van der Waals surface area (Å²) in [5.74, 6) is 1.24. The fraction of sp³-hybridized carbons (Fsp3) is 0.359. The van der Waals surface area contributed by atoms with Gasteiger partial charge in [0.15, 0.2) is 0 Å². The van der Waals surface area contributed by atoms with Gasteiger partial charge in [0.25, 0.3) is 0 Å². The molecule has 1 fully saturated rings. The highest BCUT2D eigenvalue weighted by Crippen LogP contribution is 2.40. The molecule has 2 aromatic carbocycles. The van der Waals surface area contributed by atoms with Gasteiger partial charge in [-0.05, 0) is 92.9 Å². The molecule has 1 saturated heterocycles. The maximum atomic E-state index is 14.9. The van der Waals surface area contributed by atoms with Crippen molar-refractivity contribution in [3.8, 4) is 17.0 Å². The van der Waals surface area contributed by atoms with E-state index in [1.165, 1.54) is 12.0 Å². The van der Waals surface area contributed by atoms with Gasteiger partial charge >= 0.3 is 12.3 Å². The number of carbonyl (C=O) groups is 1. The van der Waals surface area contributed by atoms with Gasteiger partial charge in [-0.25, -0.2) is 27.9 Å². The number of nitrogens with one attached hydrogen (secondary N) is 2. The molecule has 2 N–H and O–H groups in total. The van der Waals surface area contributed by atoms with Gasteiger partial charge in [0.1, 0.15) is 22.8 Å². The van der Waals surface area contributed by atoms with Crippen LogP contribution >= 0.6 is 0 Å². The number of rotatable bonds is 11. The van der Waals surface area contributed by atoms with E-state index in [4.69, 9.17) is 19.2 Å². The number of morpholine rings is 1. The van der Waals surface area contributed by atoms with Gasteiger partial charge in [-0.3, -0.25) is 0 Å². The van der Waals surface area contributed by atoms with Crippen molar-refractivity contribution in [1.29, 1.82) is 0 Å². The van der Waals surface area contributed by atoms with Crippen molar-refractivity contribution >= 4 is 27.6 Å². The number of halogens is 3. The second kappa shape index (κ2) is 15.9. The number of pyridine rings is 2. The van der Waals surface area contributed by atoms with Gasteiger partial charge < -0.3 is 28.8 Å². The summed E-state index contributed by atoms with van der Waals surface area (Å²) in [6, 6.07) is 16.9. The topological polar surface area (TPSA) is 136 Å². The van der Waals surface area contributed by atoms with E-state index in [0.717, 1.165) is 23.3 Å². The van der Waals surface area contributed by atoms with E-state index in [2.05, 4.69) is 15.0 Å². The van der Waals surface area contributed by atoms with E-state index in [0.29, 0.717) is 41.1 Å². The van der Waals surface area contributed by atoms with Crippen LogP contribution in [-0.2, 0) is 45.2 Å². The summed E-state index contributed by atoms with van der Waals surface area (Å²) in [6.07, 6.45) is -2.57. The van der Waals surface area contributed by atoms with Crippen LogP contribution in [0, 0.1) is 6.92 Å². The number of ether oxygens (including phenoxy) is 3. The zero-order chi connectivity index (χ0) is 39.5. The normalized spacial score (nSPS) is 15.3. The van der Waals surface area contributed by atoms with Crippen molar-refractivity contribution in [3.63, 3.8) is 0 Å². The van der Waals surface area contributed by atoms with Crippen molar-refractivity contribution in [1.82, 2.24) is 24.0 Å². The van der Waals surface area contributed by atoms with Crippen molar-refractivity contribution < 1.29 is 40.6 Å². The first kappa shape index (κ1) is 39.5.